The average Bonchev–Trinajstić information content (AvgIpc) is 2.55. The summed E-state index contributed by atoms with van der Waals surface area (Å²) in [6.45, 7) is 8.96. The van der Waals surface area contributed by atoms with E-state index in [1.165, 1.54) is 5.56 Å². The molecular weight excluding hydrogens is 306 g/mol. The molecule has 0 saturated carbocycles. The summed E-state index contributed by atoms with van der Waals surface area (Å²) in [5.74, 6) is 0. The molecule has 1 aromatic carbocycles. The van der Waals surface area contributed by atoms with Crippen LogP contribution in [0.3, 0.4) is 0 Å². The molecule has 23 heavy (non-hydrogen) atoms. The maximum Gasteiger partial charge on any atom is 0.115 e. The van der Waals surface area contributed by atoms with Gasteiger partial charge in [0.05, 0.1) is 17.1 Å². The van der Waals surface area contributed by atoms with E-state index in [0.29, 0.717) is 6.54 Å². The van der Waals surface area contributed by atoms with Crippen molar-refractivity contribution in [2.45, 2.75) is 70.4 Å². The van der Waals surface area contributed by atoms with Crippen molar-refractivity contribution in [2.75, 3.05) is 0 Å². The van der Waals surface area contributed by atoms with Crippen molar-refractivity contribution in [3.63, 3.8) is 0 Å². The molecule has 1 aromatic rings. The van der Waals surface area contributed by atoms with Crippen LogP contribution in [0.15, 0.2) is 42.7 Å². The van der Waals surface area contributed by atoms with Crippen LogP contribution < -0.4 is 0 Å². The molecule has 0 N–H and O–H groups in total. The molecular formula is C19H29NO2S. The summed E-state index contributed by atoms with van der Waals surface area (Å²) < 4.78 is 20.9. The fourth-order valence-electron chi connectivity index (χ4n) is 2.90. The van der Waals surface area contributed by atoms with Crippen molar-refractivity contribution in [2.24, 2.45) is 0 Å². The molecule has 0 saturated heterocycles. The summed E-state index contributed by atoms with van der Waals surface area (Å²) in [5.41, 5.74) is 1.19. The van der Waals surface area contributed by atoms with Crippen LogP contribution in [0, 0.1) is 0 Å². The molecule has 3 atom stereocenters. The Labute approximate surface area is 143 Å². The second-order valence-corrected chi connectivity index (χ2v) is 9.21. The minimum absolute atomic E-state index is 0.111. The van der Waals surface area contributed by atoms with Gasteiger partial charge in [-0.05, 0) is 51.7 Å². The Hall–Kier alpha value is -1.13. The Kier molecular flexibility index (Phi) is 6.42. The van der Waals surface area contributed by atoms with E-state index in [1.807, 2.05) is 39.0 Å². The van der Waals surface area contributed by atoms with Gasteiger partial charge in [0.2, 0.25) is 0 Å². The van der Waals surface area contributed by atoms with Gasteiger partial charge in [0.25, 0.3) is 0 Å². The third kappa shape index (κ3) is 4.92. The lowest BCUT2D eigenvalue weighted by molar-refractivity contribution is 0.0538. The van der Waals surface area contributed by atoms with Gasteiger partial charge in [0.15, 0.2) is 0 Å². The molecule has 0 fully saturated rings. The Bertz CT molecular complexity index is 536. The summed E-state index contributed by atoms with van der Waals surface area (Å²) in [6.07, 6.45) is 6.92. The topological polar surface area (TPSA) is 29.5 Å². The predicted octanol–water partition coefficient (Wildman–Crippen LogP) is 4.42. The first kappa shape index (κ1) is 18.2. The Morgan fingerprint density at radius 3 is 2.52 bits per heavy atom. The van der Waals surface area contributed by atoms with Crippen molar-refractivity contribution >= 4 is 11.0 Å². The number of allylic oxidation sites excluding steroid dienone is 1. The van der Waals surface area contributed by atoms with Crippen molar-refractivity contribution in [1.29, 1.82) is 0 Å². The smallest absolute Gasteiger partial charge is 0.115 e. The van der Waals surface area contributed by atoms with Crippen molar-refractivity contribution in [1.82, 2.24) is 4.31 Å². The highest BCUT2D eigenvalue weighted by Crippen LogP contribution is 2.27. The van der Waals surface area contributed by atoms with Crippen LogP contribution in [-0.2, 0) is 22.3 Å². The van der Waals surface area contributed by atoms with E-state index in [1.54, 1.807) is 6.26 Å². The number of hydrogen-bond acceptors (Lipinski definition) is 2. The molecule has 1 heterocycles. The van der Waals surface area contributed by atoms with Gasteiger partial charge in [0, 0.05) is 6.54 Å². The number of rotatable bonds is 6. The van der Waals surface area contributed by atoms with Gasteiger partial charge >= 0.3 is 0 Å². The molecule has 1 unspecified atom stereocenters. The average molecular weight is 336 g/mol. The van der Waals surface area contributed by atoms with Crippen LogP contribution in [0.1, 0.15) is 52.5 Å². The standard InChI is InChI=1S/C19H29NO2S/c1-5-17(18-13-9-10-14-22-18)20(23(21)19(2,3)4)15-16-11-7-6-8-12-16/h6-8,10-12,14,17-18H,5,9,13,15H2,1-4H3/t17-,18+,23?/m1/s1. The van der Waals surface area contributed by atoms with E-state index in [2.05, 4.69) is 29.4 Å². The Morgan fingerprint density at radius 1 is 1.30 bits per heavy atom. The van der Waals surface area contributed by atoms with Crippen LogP contribution >= 0.6 is 0 Å². The van der Waals surface area contributed by atoms with E-state index in [0.717, 1.165) is 19.3 Å². The van der Waals surface area contributed by atoms with Gasteiger partial charge < -0.3 is 4.74 Å². The van der Waals surface area contributed by atoms with Gasteiger partial charge in [0.1, 0.15) is 17.1 Å². The fraction of sp³-hybridized carbons (Fsp3) is 0.579. The molecule has 0 aromatic heterocycles. The Balaban J connectivity index is 2.27. The molecule has 1 aliphatic heterocycles. The first-order valence-electron chi connectivity index (χ1n) is 8.46. The van der Waals surface area contributed by atoms with E-state index >= 15 is 0 Å². The highest BCUT2D eigenvalue weighted by molar-refractivity contribution is 7.84. The van der Waals surface area contributed by atoms with Gasteiger partial charge in [-0.25, -0.2) is 8.51 Å². The number of benzene rings is 1. The third-order valence-corrected chi connectivity index (χ3v) is 5.98. The highest BCUT2D eigenvalue weighted by Gasteiger charge is 2.35. The molecule has 1 aliphatic rings. The SMILES string of the molecule is CC[C@H]([C@@H]1CCC=CO1)N(Cc1ccccc1)S(=O)C(C)(C)C. The minimum Gasteiger partial charge on any atom is -0.497 e. The summed E-state index contributed by atoms with van der Waals surface area (Å²) in [6, 6.07) is 10.4. The number of ether oxygens (including phenoxy) is 1. The minimum atomic E-state index is -1.08. The number of nitrogens with zero attached hydrogens (tertiary/aromatic N) is 1. The first-order chi connectivity index (χ1) is 10.9. The van der Waals surface area contributed by atoms with Gasteiger partial charge in [-0.1, -0.05) is 37.3 Å². The summed E-state index contributed by atoms with van der Waals surface area (Å²) >= 11 is 0. The lowest BCUT2D eigenvalue weighted by Crippen LogP contribution is -2.49. The van der Waals surface area contributed by atoms with Gasteiger partial charge in [-0.2, -0.15) is 0 Å². The molecule has 2 rings (SSSR count). The van der Waals surface area contributed by atoms with E-state index in [9.17, 15) is 4.21 Å². The predicted molar refractivity (Wildman–Crippen MR) is 97.2 cm³/mol. The van der Waals surface area contributed by atoms with Crippen molar-refractivity contribution in [3.05, 3.63) is 48.2 Å². The molecule has 128 valence electrons. The molecule has 0 aliphatic carbocycles. The highest BCUT2D eigenvalue weighted by atomic mass is 32.2. The molecule has 4 heteroatoms. The van der Waals surface area contributed by atoms with Gasteiger partial charge in [-0.3, -0.25) is 0 Å². The zero-order valence-corrected chi connectivity index (χ0v) is 15.5. The van der Waals surface area contributed by atoms with Crippen LogP contribution in [-0.4, -0.2) is 25.4 Å². The van der Waals surface area contributed by atoms with Gasteiger partial charge in [-0.15, -0.1) is 0 Å². The van der Waals surface area contributed by atoms with Crippen molar-refractivity contribution in [3.8, 4) is 0 Å². The maximum absolute atomic E-state index is 13.2. The quantitative estimate of drug-likeness (QED) is 0.770. The molecule has 0 spiro atoms. The zero-order chi connectivity index (χ0) is 16.9. The van der Waals surface area contributed by atoms with Crippen LogP contribution in [0.5, 0.6) is 0 Å². The summed E-state index contributed by atoms with van der Waals surface area (Å²) in [7, 11) is -1.08. The van der Waals surface area contributed by atoms with E-state index in [-0.39, 0.29) is 16.9 Å². The second kappa shape index (κ2) is 8.11. The van der Waals surface area contributed by atoms with E-state index in [4.69, 9.17) is 4.74 Å². The van der Waals surface area contributed by atoms with E-state index < -0.39 is 11.0 Å². The molecule has 0 bridgehead atoms. The molecule has 3 nitrogen and oxygen atoms in total. The third-order valence-electron chi connectivity index (χ3n) is 4.10. The summed E-state index contributed by atoms with van der Waals surface area (Å²) in [5, 5.41) is 0. The van der Waals surface area contributed by atoms with Crippen LogP contribution in [0.4, 0.5) is 0 Å². The lowest BCUT2D eigenvalue weighted by atomic mass is 10.0. The maximum atomic E-state index is 13.2. The normalized spacial score (nSPS) is 21.0. The van der Waals surface area contributed by atoms with Crippen molar-refractivity contribution < 1.29 is 8.95 Å². The molecule has 0 radical (unpaired) electrons. The monoisotopic (exact) mass is 335 g/mol. The van der Waals surface area contributed by atoms with Crippen LogP contribution in [0.25, 0.3) is 0 Å². The second-order valence-electron chi connectivity index (χ2n) is 7.02. The Morgan fingerprint density at radius 2 is 2.00 bits per heavy atom. The largest absolute Gasteiger partial charge is 0.497 e. The zero-order valence-electron chi connectivity index (χ0n) is 14.7. The first-order valence-corrected chi connectivity index (χ1v) is 9.57. The lowest BCUT2D eigenvalue weighted by Gasteiger charge is -2.39. The number of hydrogen-bond donors (Lipinski definition) is 0. The fourth-order valence-corrected chi connectivity index (χ4v) is 4.40. The van der Waals surface area contributed by atoms with Crippen LogP contribution in [0.2, 0.25) is 0 Å². The molecule has 0 amide bonds. The summed E-state index contributed by atoms with van der Waals surface area (Å²) in [4.78, 5) is 0.